The summed E-state index contributed by atoms with van der Waals surface area (Å²) in [5.74, 6) is 0.877. The number of rotatable bonds is 6. The van der Waals surface area contributed by atoms with Gasteiger partial charge >= 0.3 is 12.1 Å². The van der Waals surface area contributed by atoms with Crippen LogP contribution in [0.15, 0.2) is 36.4 Å². The minimum Gasteiger partial charge on any atom is -0.481 e. The molecule has 0 saturated heterocycles. The van der Waals surface area contributed by atoms with Gasteiger partial charge in [0.05, 0.1) is 22.2 Å². The van der Waals surface area contributed by atoms with Crippen molar-refractivity contribution < 1.29 is 23.1 Å². The summed E-state index contributed by atoms with van der Waals surface area (Å²) in [6.07, 6.45) is 5.00. The molecule has 0 aliphatic heterocycles. The number of hydrogen-bond acceptors (Lipinski definition) is 3. The predicted molar refractivity (Wildman–Crippen MR) is 138 cm³/mol. The topological polar surface area (TPSA) is 61.4 Å². The summed E-state index contributed by atoms with van der Waals surface area (Å²) in [5, 5.41) is 16.1. The Hall–Kier alpha value is -2.41. The quantitative estimate of drug-likeness (QED) is 0.350. The van der Waals surface area contributed by atoms with E-state index in [-0.39, 0.29) is 16.8 Å². The number of aliphatic carboxylic acids is 1. The lowest BCUT2D eigenvalue weighted by molar-refractivity contribution is -0.141. The van der Waals surface area contributed by atoms with E-state index in [1.807, 2.05) is 12.1 Å². The number of nitrogens with one attached hydrogen (secondary N) is 2. The van der Waals surface area contributed by atoms with Gasteiger partial charge in [-0.05, 0) is 110 Å². The predicted octanol–water partition coefficient (Wildman–Crippen LogP) is 8.24. The van der Waals surface area contributed by atoms with Gasteiger partial charge in [0, 0.05) is 17.4 Å². The SMILES string of the molecule is O=C(O)C1CCCC1Nc1cc(Nc2ccc(C34CC5CC(CC(C5)C3)C4)cc2Cl)cc(C(F)(F)F)c1. The molecular formula is C29H32ClF3N2O2. The smallest absolute Gasteiger partial charge is 0.416 e. The maximum atomic E-state index is 13.7. The van der Waals surface area contributed by atoms with Crippen LogP contribution in [0.2, 0.25) is 5.02 Å². The first-order valence-corrected chi connectivity index (χ1v) is 13.7. The fourth-order valence-electron chi connectivity index (χ4n) is 8.16. The average molecular weight is 533 g/mol. The highest BCUT2D eigenvalue weighted by Gasteiger charge is 2.51. The van der Waals surface area contributed by atoms with Gasteiger partial charge in [0.1, 0.15) is 0 Å². The Labute approximate surface area is 220 Å². The molecule has 0 spiro atoms. The normalized spacial score (nSPS) is 32.5. The van der Waals surface area contributed by atoms with Crippen LogP contribution in [0.5, 0.6) is 0 Å². The van der Waals surface area contributed by atoms with Crippen LogP contribution in [0.4, 0.5) is 30.2 Å². The molecule has 3 N–H and O–H groups in total. The Morgan fingerprint density at radius 1 is 0.946 bits per heavy atom. The van der Waals surface area contributed by atoms with Crippen molar-refractivity contribution in [1.82, 2.24) is 0 Å². The highest BCUT2D eigenvalue weighted by atomic mass is 35.5. The van der Waals surface area contributed by atoms with Crippen molar-refractivity contribution >= 4 is 34.6 Å². The minimum absolute atomic E-state index is 0.187. The molecule has 5 aliphatic carbocycles. The Kier molecular flexibility index (Phi) is 6.13. The Morgan fingerprint density at radius 2 is 1.59 bits per heavy atom. The van der Waals surface area contributed by atoms with Gasteiger partial charge in [-0.1, -0.05) is 24.1 Å². The van der Waals surface area contributed by atoms with Gasteiger partial charge in [0.15, 0.2) is 0 Å². The molecular weight excluding hydrogens is 501 g/mol. The first-order chi connectivity index (χ1) is 17.6. The van der Waals surface area contributed by atoms with Crippen LogP contribution in [0.1, 0.15) is 68.9 Å². The second-order valence-corrected chi connectivity index (χ2v) is 12.3. The van der Waals surface area contributed by atoms with Crippen molar-refractivity contribution in [1.29, 1.82) is 0 Å². The third kappa shape index (κ3) is 4.80. The van der Waals surface area contributed by atoms with Gasteiger partial charge in [-0.3, -0.25) is 4.79 Å². The van der Waals surface area contributed by atoms with Crippen LogP contribution >= 0.6 is 11.6 Å². The van der Waals surface area contributed by atoms with Crippen molar-refractivity contribution in [3.63, 3.8) is 0 Å². The second kappa shape index (κ2) is 9.11. The summed E-state index contributed by atoms with van der Waals surface area (Å²) in [7, 11) is 0. The number of carboxylic acids is 1. The number of anilines is 3. The highest BCUT2D eigenvalue weighted by molar-refractivity contribution is 6.33. The lowest BCUT2D eigenvalue weighted by atomic mass is 9.48. The molecule has 5 saturated carbocycles. The van der Waals surface area contributed by atoms with Crippen LogP contribution in [0.25, 0.3) is 0 Å². The highest BCUT2D eigenvalue weighted by Crippen LogP contribution is 2.61. The molecule has 198 valence electrons. The van der Waals surface area contributed by atoms with Crippen molar-refractivity contribution in [3.8, 4) is 0 Å². The van der Waals surface area contributed by atoms with Crippen molar-refractivity contribution in [2.75, 3.05) is 10.6 Å². The van der Waals surface area contributed by atoms with E-state index in [4.69, 9.17) is 11.6 Å². The van der Waals surface area contributed by atoms with E-state index < -0.39 is 29.7 Å². The maximum absolute atomic E-state index is 13.7. The summed E-state index contributed by atoms with van der Waals surface area (Å²) in [4.78, 5) is 11.6. The maximum Gasteiger partial charge on any atom is 0.416 e. The number of hydrogen-bond donors (Lipinski definition) is 3. The summed E-state index contributed by atoms with van der Waals surface area (Å²) in [5.41, 5.74) is 1.71. The molecule has 4 bridgehead atoms. The van der Waals surface area contributed by atoms with Gasteiger partial charge < -0.3 is 15.7 Å². The Balaban J connectivity index is 1.26. The summed E-state index contributed by atoms with van der Waals surface area (Å²) in [6, 6.07) is 9.30. The van der Waals surface area contributed by atoms with Crippen LogP contribution in [-0.4, -0.2) is 17.1 Å². The van der Waals surface area contributed by atoms with Crippen LogP contribution < -0.4 is 10.6 Å². The number of carboxylic acid groups (broad SMARTS) is 1. The monoisotopic (exact) mass is 532 g/mol. The van der Waals surface area contributed by atoms with E-state index in [2.05, 4.69) is 16.7 Å². The molecule has 2 atom stereocenters. The molecule has 5 aliphatic rings. The van der Waals surface area contributed by atoms with E-state index in [1.54, 1.807) is 6.07 Å². The largest absolute Gasteiger partial charge is 0.481 e. The summed E-state index contributed by atoms with van der Waals surface area (Å²) in [6.45, 7) is 0. The zero-order valence-electron chi connectivity index (χ0n) is 20.6. The molecule has 0 radical (unpaired) electrons. The van der Waals surface area contributed by atoms with Crippen LogP contribution in [-0.2, 0) is 16.4 Å². The van der Waals surface area contributed by atoms with E-state index in [9.17, 15) is 23.1 Å². The zero-order valence-corrected chi connectivity index (χ0v) is 21.3. The summed E-state index contributed by atoms with van der Waals surface area (Å²) < 4.78 is 41.2. The van der Waals surface area contributed by atoms with Gasteiger partial charge in [-0.2, -0.15) is 13.2 Å². The van der Waals surface area contributed by atoms with Crippen molar-refractivity contribution in [2.45, 2.75) is 75.4 Å². The van der Waals surface area contributed by atoms with Gasteiger partial charge in [0.2, 0.25) is 0 Å². The molecule has 0 heterocycles. The molecule has 2 unspecified atom stereocenters. The molecule has 37 heavy (non-hydrogen) atoms. The minimum atomic E-state index is -4.54. The Bertz CT molecular complexity index is 1180. The van der Waals surface area contributed by atoms with Gasteiger partial charge in [-0.15, -0.1) is 0 Å². The first kappa shape index (κ1) is 24.9. The second-order valence-electron chi connectivity index (χ2n) is 11.9. The molecule has 5 fully saturated rings. The van der Waals surface area contributed by atoms with E-state index in [0.29, 0.717) is 23.6 Å². The molecule has 0 aromatic heterocycles. The van der Waals surface area contributed by atoms with E-state index >= 15 is 0 Å². The number of carbonyl (C=O) groups is 1. The number of benzene rings is 2. The molecule has 2 aromatic carbocycles. The van der Waals surface area contributed by atoms with Gasteiger partial charge in [-0.25, -0.2) is 0 Å². The zero-order chi connectivity index (χ0) is 25.9. The summed E-state index contributed by atoms with van der Waals surface area (Å²) >= 11 is 6.71. The van der Waals surface area contributed by atoms with E-state index in [0.717, 1.165) is 36.3 Å². The van der Waals surface area contributed by atoms with Crippen LogP contribution in [0.3, 0.4) is 0 Å². The fourth-order valence-corrected chi connectivity index (χ4v) is 8.38. The molecule has 8 heteroatoms. The standard InChI is InChI=1S/C29H32ClF3N2O2/c30-24-11-19(28-13-16-6-17(14-28)8-18(7-16)15-28)4-5-26(24)35-22-10-20(29(31,32)33)9-21(12-22)34-25-3-1-2-23(25)27(36)37/h4-5,9-12,16-18,23,25,34-35H,1-3,6-8,13-15H2,(H,36,37). The van der Waals surface area contributed by atoms with Crippen LogP contribution in [0, 0.1) is 23.7 Å². The average Bonchev–Trinajstić information content (AvgIpc) is 3.27. The third-order valence-electron chi connectivity index (χ3n) is 9.34. The fraction of sp³-hybridized carbons (Fsp3) is 0.552. The van der Waals surface area contributed by atoms with Crippen molar-refractivity contribution in [2.24, 2.45) is 23.7 Å². The lowest BCUT2D eigenvalue weighted by Gasteiger charge is -2.57. The first-order valence-electron chi connectivity index (χ1n) is 13.4. The molecule has 2 aromatic rings. The molecule has 0 amide bonds. The van der Waals surface area contributed by atoms with E-state index in [1.165, 1.54) is 44.1 Å². The molecule has 7 rings (SSSR count). The molecule has 4 nitrogen and oxygen atoms in total. The number of alkyl halides is 3. The lowest BCUT2D eigenvalue weighted by Crippen LogP contribution is -2.48. The number of halogens is 4. The van der Waals surface area contributed by atoms with Crippen molar-refractivity contribution in [3.05, 3.63) is 52.5 Å². The third-order valence-corrected chi connectivity index (χ3v) is 9.66. The Morgan fingerprint density at radius 3 is 2.19 bits per heavy atom. The van der Waals surface area contributed by atoms with Gasteiger partial charge in [0.25, 0.3) is 0 Å².